The van der Waals surface area contributed by atoms with Crippen LogP contribution in [0.4, 0.5) is 17.1 Å². The van der Waals surface area contributed by atoms with Crippen molar-refractivity contribution in [3.63, 3.8) is 0 Å². The van der Waals surface area contributed by atoms with E-state index in [9.17, 15) is 0 Å². The standard InChI is InChI=1S/C59H37NO/c1-3-17-40(18-4-1)59(41-19-5-2-6-20-41)53-25-13-11-22-47(53)48-32-30-44(37-54(48)59)60(42-28-27-38-15-7-8-16-39(38)35-42)43-29-31-46-45-21-9-10-23-49(45)57-50(52(46)36-43)33-34-56-58(57)51-24-12-14-26-55(51)61-56/h1-37H. The van der Waals surface area contributed by atoms with Gasteiger partial charge in [0.25, 0.3) is 0 Å². The minimum Gasteiger partial charge on any atom is -0.456 e. The largest absolute Gasteiger partial charge is 0.456 e. The van der Waals surface area contributed by atoms with Gasteiger partial charge in [0.2, 0.25) is 0 Å². The van der Waals surface area contributed by atoms with Gasteiger partial charge in [-0.3, -0.25) is 0 Å². The number of furan rings is 1. The zero-order valence-corrected chi connectivity index (χ0v) is 33.2. The topological polar surface area (TPSA) is 16.4 Å². The van der Waals surface area contributed by atoms with Crippen LogP contribution in [0.1, 0.15) is 22.3 Å². The lowest BCUT2D eigenvalue weighted by Gasteiger charge is -2.35. The fourth-order valence-corrected chi connectivity index (χ4v) is 10.7. The number of fused-ring (bicyclic) bond motifs is 14. The number of hydrogen-bond acceptors (Lipinski definition) is 2. The minimum absolute atomic E-state index is 0.517. The molecule has 1 aromatic heterocycles. The second-order valence-corrected chi connectivity index (χ2v) is 16.4. The maximum absolute atomic E-state index is 6.47. The molecule has 2 nitrogen and oxygen atoms in total. The molecule has 1 aliphatic carbocycles. The van der Waals surface area contributed by atoms with E-state index in [1.807, 2.05) is 0 Å². The normalized spacial score (nSPS) is 13.0. The molecule has 0 radical (unpaired) electrons. The Bertz CT molecular complexity index is 3670. The molecule has 0 N–H and O–H groups in total. The molecule has 1 heterocycles. The Morgan fingerprint density at radius 2 is 0.869 bits per heavy atom. The van der Waals surface area contributed by atoms with Crippen LogP contribution in [-0.4, -0.2) is 0 Å². The third-order valence-corrected chi connectivity index (χ3v) is 13.3. The molecule has 0 aliphatic heterocycles. The first kappa shape index (κ1) is 34.0. The molecule has 0 unspecified atom stereocenters. The molecule has 61 heavy (non-hydrogen) atoms. The van der Waals surface area contributed by atoms with Crippen molar-refractivity contribution in [1.29, 1.82) is 0 Å². The zero-order valence-electron chi connectivity index (χ0n) is 33.2. The Morgan fingerprint density at radius 1 is 0.311 bits per heavy atom. The highest BCUT2D eigenvalue weighted by molar-refractivity contribution is 6.34. The lowest BCUT2D eigenvalue weighted by atomic mass is 9.67. The highest BCUT2D eigenvalue weighted by Crippen LogP contribution is 2.57. The van der Waals surface area contributed by atoms with Crippen molar-refractivity contribution < 1.29 is 4.42 Å². The molecule has 0 saturated carbocycles. The minimum atomic E-state index is -0.517. The third kappa shape index (κ3) is 4.85. The van der Waals surface area contributed by atoms with E-state index in [4.69, 9.17) is 4.42 Å². The number of para-hydroxylation sites is 1. The molecule has 0 fully saturated rings. The molecule has 0 saturated heterocycles. The van der Waals surface area contributed by atoms with E-state index in [-0.39, 0.29) is 0 Å². The maximum Gasteiger partial charge on any atom is 0.136 e. The van der Waals surface area contributed by atoms with Crippen molar-refractivity contribution in [2.24, 2.45) is 0 Å². The number of hydrogen-bond donors (Lipinski definition) is 0. The van der Waals surface area contributed by atoms with E-state index in [1.165, 1.54) is 81.9 Å². The van der Waals surface area contributed by atoms with Crippen molar-refractivity contribution >= 4 is 82.1 Å². The maximum atomic E-state index is 6.47. The fraction of sp³-hybridized carbons (Fsp3) is 0.0169. The molecular weight excluding hydrogens is 739 g/mol. The van der Waals surface area contributed by atoms with Crippen LogP contribution in [0.5, 0.6) is 0 Å². The average Bonchev–Trinajstić information content (AvgIpc) is 3.86. The van der Waals surface area contributed by atoms with Crippen LogP contribution in [0.2, 0.25) is 0 Å². The summed E-state index contributed by atoms with van der Waals surface area (Å²) in [4.78, 5) is 2.46. The number of benzene rings is 11. The highest BCUT2D eigenvalue weighted by atomic mass is 16.3. The average molecular weight is 776 g/mol. The Labute approximate surface area is 353 Å². The van der Waals surface area contributed by atoms with Crippen LogP contribution in [0.15, 0.2) is 229 Å². The van der Waals surface area contributed by atoms with Gasteiger partial charge in [0.05, 0.1) is 5.41 Å². The van der Waals surface area contributed by atoms with Gasteiger partial charge in [0.15, 0.2) is 0 Å². The number of rotatable bonds is 5. The Morgan fingerprint density at radius 3 is 1.69 bits per heavy atom. The summed E-state index contributed by atoms with van der Waals surface area (Å²) in [6, 6.07) is 82.5. The van der Waals surface area contributed by atoms with E-state index in [0.29, 0.717) is 0 Å². The fourth-order valence-electron chi connectivity index (χ4n) is 10.7. The molecule has 0 atom stereocenters. The van der Waals surface area contributed by atoms with Crippen molar-refractivity contribution in [2.45, 2.75) is 5.41 Å². The molecule has 12 aromatic rings. The Hall–Kier alpha value is -7.94. The predicted octanol–water partition coefficient (Wildman–Crippen LogP) is 16.0. The van der Waals surface area contributed by atoms with E-state index in [1.54, 1.807) is 0 Å². The summed E-state index contributed by atoms with van der Waals surface area (Å²) < 4.78 is 6.47. The number of nitrogens with zero attached hydrogens (tertiary/aromatic N) is 1. The summed E-state index contributed by atoms with van der Waals surface area (Å²) in [6.07, 6.45) is 0. The first-order valence-corrected chi connectivity index (χ1v) is 21.1. The van der Waals surface area contributed by atoms with Crippen molar-refractivity contribution in [2.75, 3.05) is 4.90 Å². The summed E-state index contributed by atoms with van der Waals surface area (Å²) in [5.74, 6) is 0. The van der Waals surface area contributed by atoms with Gasteiger partial charge in [0.1, 0.15) is 11.2 Å². The summed E-state index contributed by atoms with van der Waals surface area (Å²) in [5.41, 5.74) is 12.2. The monoisotopic (exact) mass is 775 g/mol. The first-order chi connectivity index (χ1) is 30.3. The van der Waals surface area contributed by atoms with Crippen LogP contribution in [-0.2, 0) is 5.41 Å². The van der Waals surface area contributed by atoms with E-state index in [0.717, 1.165) is 33.6 Å². The smallest absolute Gasteiger partial charge is 0.136 e. The van der Waals surface area contributed by atoms with Gasteiger partial charge >= 0.3 is 0 Å². The van der Waals surface area contributed by atoms with Crippen LogP contribution >= 0.6 is 0 Å². The Balaban J connectivity index is 1.12. The van der Waals surface area contributed by atoms with Gasteiger partial charge in [-0.05, 0) is 126 Å². The van der Waals surface area contributed by atoms with Crippen LogP contribution in [0.25, 0.3) is 76.2 Å². The molecule has 11 aromatic carbocycles. The Kier molecular flexibility index (Phi) is 7.26. The lowest BCUT2D eigenvalue weighted by Crippen LogP contribution is -2.28. The highest BCUT2D eigenvalue weighted by Gasteiger charge is 2.46. The first-order valence-electron chi connectivity index (χ1n) is 21.1. The predicted molar refractivity (Wildman–Crippen MR) is 256 cm³/mol. The second-order valence-electron chi connectivity index (χ2n) is 16.4. The van der Waals surface area contributed by atoms with Gasteiger partial charge in [-0.1, -0.05) is 170 Å². The van der Waals surface area contributed by atoms with Gasteiger partial charge in [-0.2, -0.15) is 0 Å². The molecule has 13 rings (SSSR count). The summed E-state index contributed by atoms with van der Waals surface area (Å²) in [6.45, 7) is 0. The molecule has 2 heteroatoms. The zero-order chi connectivity index (χ0) is 40.1. The van der Waals surface area contributed by atoms with Crippen LogP contribution in [0.3, 0.4) is 0 Å². The SMILES string of the molecule is c1ccc(C2(c3ccccc3)c3ccccc3-c3ccc(N(c4ccc5ccccc5c4)c4ccc5c6ccccc6c6c(ccc7oc8ccccc8c76)c5c4)cc32)cc1. The van der Waals surface area contributed by atoms with Gasteiger partial charge < -0.3 is 9.32 Å². The van der Waals surface area contributed by atoms with Crippen molar-refractivity contribution in [3.8, 4) is 11.1 Å². The molecular formula is C59H37NO. The van der Waals surface area contributed by atoms with Gasteiger partial charge in [-0.25, -0.2) is 0 Å². The van der Waals surface area contributed by atoms with Gasteiger partial charge in [0, 0.05) is 33.2 Å². The molecule has 284 valence electrons. The van der Waals surface area contributed by atoms with E-state index in [2.05, 4.69) is 229 Å². The van der Waals surface area contributed by atoms with Crippen LogP contribution < -0.4 is 4.90 Å². The summed E-state index contributed by atoms with van der Waals surface area (Å²) in [7, 11) is 0. The van der Waals surface area contributed by atoms with Gasteiger partial charge in [-0.15, -0.1) is 0 Å². The van der Waals surface area contributed by atoms with E-state index >= 15 is 0 Å². The van der Waals surface area contributed by atoms with Crippen molar-refractivity contribution in [1.82, 2.24) is 0 Å². The second kappa shape index (κ2) is 13.0. The third-order valence-electron chi connectivity index (χ3n) is 13.3. The van der Waals surface area contributed by atoms with Crippen LogP contribution in [0, 0.1) is 0 Å². The number of anilines is 3. The molecule has 0 bridgehead atoms. The quantitative estimate of drug-likeness (QED) is 0.162. The van der Waals surface area contributed by atoms with E-state index < -0.39 is 5.41 Å². The van der Waals surface area contributed by atoms with Crippen molar-refractivity contribution in [3.05, 3.63) is 247 Å². The summed E-state index contributed by atoms with van der Waals surface area (Å²) in [5, 5.41) is 12.1. The molecule has 1 aliphatic rings. The lowest BCUT2D eigenvalue weighted by molar-refractivity contribution is 0.669. The summed E-state index contributed by atoms with van der Waals surface area (Å²) >= 11 is 0. The molecule has 0 spiro atoms. The molecule has 0 amide bonds.